The van der Waals surface area contributed by atoms with Crippen molar-refractivity contribution in [3.05, 3.63) is 63.4 Å². The number of halogens is 2. The van der Waals surface area contributed by atoms with Crippen molar-refractivity contribution in [2.24, 2.45) is 0 Å². The average Bonchev–Trinajstić information content (AvgIpc) is 2.49. The van der Waals surface area contributed by atoms with Gasteiger partial charge in [0.25, 0.3) is 0 Å². The van der Waals surface area contributed by atoms with Crippen LogP contribution in [0.25, 0.3) is 0 Å². The molecule has 0 atom stereocenters. The fraction of sp³-hybridized carbons (Fsp3) is 0.188. The predicted octanol–water partition coefficient (Wildman–Crippen LogP) is 4.46. The van der Waals surface area contributed by atoms with Gasteiger partial charge in [0.2, 0.25) is 0 Å². The topological polar surface area (TPSA) is 49.3 Å². The van der Waals surface area contributed by atoms with E-state index in [4.69, 9.17) is 5.11 Å². The minimum absolute atomic E-state index is 0.0404. The van der Waals surface area contributed by atoms with E-state index in [0.29, 0.717) is 6.54 Å². The smallest absolute Gasteiger partial charge is 0.336 e. The van der Waals surface area contributed by atoms with Gasteiger partial charge in [-0.2, -0.15) is 0 Å². The van der Waals surface area contributed by atoms with Crippen molar-refractivity contribution >= 4 is 27.6 Å². The minimum Gasteiger partial charge on any atom is -0.478 e. The summed E-state index contributed by atoms with van der Waals surface area (Å²) in [5, 5.41) is 11.9. The molecule has 0 aromatic heterocycles. The van der Waals surface area contributed by atoms with E-state index in [-0.39, 0.29) is 15.7 Å². The summed E-state index contributed by atoms with van der Waals surface area (Å²) in [7, 11) is 0. The molecule has 2 N–H and O–H groups in total. The molecular formula is C16H15BrFNO2. The largest absolute Gasteiger partial charge is 0.478 e. The van der Waals surface area contributed by atoms with Gasteiger partial charge in [-0.3, -0.25) is 0 Å². The highest BCUT2D eigenvalue weighted by Gasteiger charge is 2.15. The number of hydrogen-bond donors (Lipinski definition) is 2. The molecule has 2 rings (SSSR count). The van der Waals surface area contributed by atoms with Crippen LogP contribution < -0.4 is 5.32 Å². The van der Waals surface area contributed by atoms with Gasteiger partial charge in [-0.15, -0.1) is 0 Å². The summed E-state index contributed by atoms with van der Waals surface area (Å²) in [6.45, 7) is 2.56. The van der Waals surface area contributed by atoms with Crippen molar-refractivity contribution in [1.29, 1.82) is 0 Å². The van der Waals surface area contributed by atoms with E-state index in [9.17, 15) is 9.18 Å². The minimum atomic E-state index is -1.16. The van der Waals surface area contributed by atoms with Gasteiger partial charge in [-0.25, -0.2) is 9.18 Å². The molecule has 0 spiro atoms. The molecule has 0 amide bonds. The molecule has 110 valence electrons. The maximum Gasteiger partial charge on any atom is 0.336 e. The van der Waals surface area contributed by atoms with Crippen LogP contribution in [0.1, 0.15) is 28.4 Å². The summed E-state index contributed by atoms with van der Waals surface area (Å²) in [6, 6.07) is 10.9. The zero-order chi connectivity index (χ0) is 15.4. The van der Waals surface area contributed by atoms with Gasteiger partial charge in [0.1, 0.15) is 0 Å². The monoisotopic (exact) mass is 351 g/mol. The third kappa shape index (κ3) is 3.61. The molecule has 0 aliphatic heterocycles. The number of anilines is 1. The number of carboxylic acids is 1. The Bertz CT molecular complexity index is 656. The number of nitrogens with one attached hydrogen (secondary N) is 1. The lowest BCUT2D eigenvalue weighted by molar-refractivity contribution is 0.0695. The maximum atomic E-state index is 14.1. The van der Waals surface area contributed by atoms with Crippen molar-refractivity contribution in [2.45, 2.75) is 19.9 Å². The van der Waals surface area contributed by atoms with E-state index in [1.54, 1.807) is 0 Å². The van der Waals surface area contributed by atoms with Crippen molar-refractivity contribution in [3.8, 4) is 0 Å². The van der Waals surface area contributed by atoms with Crippen LogP contribution >= 0.6 is 15.9 Å². The number of aryl methyl sites for hydroxylation is 1. The Kier molecular flexibility index (Phi) is 4.96. The molecule has 21 heavy (non-hydrogen) atoms. The highest BCUT2D eigenvalue weighted by Crippen LogP contribution is 2.27. The van der Waals surface area contributed by atoms with Crippen molar-refractivity contribution in [3.63, 3.8) is 0 Å². The van der Waals surface area contributed by atoms with Crippen LogP contribution in [0.5, 0.6) is 0 Å². The Morgan fingerprint density at radius 3 is 2.38 bits per heavy atom. The molecule has 0 bridgehead atoms. The molecule has 0 saturated carbocycles. The zero-order valence-corrected chi connectivity index (χ0v) is 13.1. The van der Waals surface area contributed by atoms with E-state index in [1.165, 1.54) is 17.7 Å². The molecule has 0 aliphatic carbocycles. The van der Waals surface area contributed by atoms with Crippen LogP contribution in [0.15, 0.2) is 40.9 Å². The van der Waals surface area contributed by atoms with Crippen LogP contribution in [-0.2, 0) is 13.0 Å². The Hall–Kier alpha value is -1.88. The molecule has 3 nitrogen and oxygen atoms in total. The third-order valence-corrected chi connectivity index (χ3v) is 4.00. The van der Waals surface area contributed by atoms with E-state index in [0.717, 1.165) is 12.0 Å². The van der Waals surface area contributed by atoms with Crippen LogP contribution in [-0.4, -0.2) is 11.1 Å². The van der Waals surface area contributed by atoms with Gasteiger partial charge in [-0.1, -0.05) is 31.2 Å². The van der Waals surface area contributed by atoms with E-state index in [2.05, 4.69) is 28.2 Å². The Morgan fingerprint density at radius 1 is 1.19 bits per heavy atom. The fourth-order valence-electron chi connectivity index (χ4n) is 1.94. The molecule has 0 unspecified atom stereocenters. The molecule has 2 aromatic rings. The van der Waals surface area contributed by atoms with Crippen LogP contribution in [0.4, 0.5) is 10.1 Å². The van der Waals surface area contributed by atoms with Crippen molar-refractivity contribution < 1.29 is 14.3 Å². The molecular weight excluding hydrogens is 337 g/mol. The van der Waals surface area contributed by atoms with Gasteiger partial charge in [0.15, 0.2) is 5.82 Å². The summed E-state index contributed by atoms with van der Waals surface area (Å²) in [5.74, 6) is -1.76. The second-order valence-electron chi connectivity index (χ2n) is 4.62. The molecule has 2 aromatic carbocycles. The second-order valence-corrected chi connectivity index (χ2v) is 5.41. The quantitative estimate of drug-likeness (QED) is 0.835. The van der Waals surface area contributed by atoms with Crippen LogP contribution in [0, 0.1) is 5.82 Å². The maximum absolute atomic E-state index is 14.1. The summed E-state index contributed by atoms with van der Waals surface area (Å²) in [4.78, 5) is 10.9. The first-order valence-corrected chi connectivity index (χ1v) is 7.35. The standard InChI is InChI=1S/C16H15BrFNO2/c1-2-10-3-5-11(6-4-10)9-19-13-8-7-12(16(20)21)14(17)15(13)18/h3-8,19H,2,9H2,1H3,(H,20,21). The van der Waals surface area contributed by atoms with E-state index >= 15 is 0 Å². The predicted molar refractivity (Wildman–Crippen MR) is 84.2 cm³/mol. The molecule has 0 heterocycles. The fourth-order valence-corrected chi connectivity index (χ4v) is 2.46. The first kappa shape index (κ1) is 15.5. The second kappa shape index (κ2) is 6.72. The summed E-state index contributed by atoms with van der Waals surface area (Å²) in [5.41, 5.74) is 2.46. The lowest BCUT2D eigenvalue weighted by Gasteiger charge is -2.10. The lowest BCUT2D eigenvalue weighted by atomic mass is 10.1. The van der Waals surface area contributed by atoms with E-state index < -0.39 is 11.8 Å². The van der Waals surface area contributed by atoms with Gasteiger partial charge < -0.3 is 10.4 Å². The molecule has 0 radical (unpaired) electrons. The number of rotatable bonds is 5. The van der Waals surface area contributed by atoms with Crippen LogP contribution in [0.2, 0.25) is 0 Å². The molecule has 0 saturated heterocycles. The van der Waals surface area contributed by atoms with Crippen LogP contribution in [0.3, 0.4) is 0 Å². The Labute approximate surface area is 130 Å². The lowest BCUT2D eigenvalue weighted by Crippen LogP contribution is -2.05. The van der Waals surface area contributed by atoms with Crippen molar-refractivity contribution in [2.75, 3.05) is 5.32 Å². The first-order valence-electron chi connectivity index (χ1n) is 6.56. The molecule has 5 heteroatoms. The summed E-state index contributed by atoms with van der Waals surface area (Å²) in [6.07, 6.45) is 0.978. The van der Waals surface area contributed by atoms with Crippen molar-refractivity contribution in [1.82, 2.24) is 0 Å². The summed E-state index contributed by atoms with van der Waals surface area (Å²) >= 11 is 2.98. The number of aromatic carboxylic acids is 1. The number of carbonyl (C=O) groups is 1. The highest BCUT2D eigenvalue weighted by atomic mass is 79.9. The Balaban J connectivity index is 2.12. The van der Waals surface area contributed by atoms with Gasteiger partial charge in [0.05, 0.1) is 15.7 Å². The first-order chi connectivity index (χ1) is 10.0. The normalized spacial score (nSPS) is 10.4. The average molecular weight is 352 g/mol. The summed E-state index contributed by atoms with van der Waals surface area (Å²) < 4.78 is 14.0. The highest BCUT2D eigenvalue weighted by molar-refractivity contribution is 9.10. The SMILES string of the molecule is CCc1ccc(CNc2ccc(C(=O)O)c(Br)c2F)cc1. The zero-order valence-electron chi connectivity index (χ0n) is 11.5. The van der Waals surface area contributed by atoms with Gasteiger partial charge in [0, 0.05) is 6.54 Å². The number of carboxylic acid groups (broad SMARTS) is 1. The van der Waals surface area contributed by atoms with E-state index in [1.807, 2.05) is 24.3 Å². The van der Waals surface area contributed by atoms with Gasteiger partial charge in [-0.05, 0) is 45.6 Å². The Morgan fingerprint density at radius 2 is 1.81 bits per heavy atom. The molecule has 0 fully saturated rings. The number of hydrogen-bond acceptors (Lipinski definition) is 2. The number of benzene rings is 2. The molecule has 0 aliphatic rings. The van der Waals surface area contributed by atoms with Gasteiger partial charge >= 0.3 is 5.97 Å². The third-order valence-electron chi connectivity index (χ3n) is 3.23.